The largest absolute Gasteiger partial charge is 0.346 e. The standard InChI is InChI=1S/C22H24FNO/c1-2-21(19-11-10-17-5-3-4-6-18(17)15-19)24-22(25)14-9-16-7-12-20(23)13-8-16/h7-15,21H,2-6H2,1H3,(H,24,25)/b14-9+/t21-/m1/s1. The van der Waals surface area contributed by atoms with Crippen LogP contribution in [-0.2, 0) is 17.6 Å². The van der Waals surface area contributed by atoms with E-state index in [0.717, 1.165) is 18.4 Å². The predicted molar refractivity (Wildman–Crippen MR) is 99.7 cm³/mol. The molecule has 2 aromatic carbocycles. The Kier molecular flexibility index (Phi) is 5.64. The van der Waals surface area contributed by atoms with Crippen LogP contribution in [0.3, 0.4) is 0 Å². The Morgan fingerprint density at radius 2 is 1.84 bits per heavy atom. The van der Waals surface area contributed by atoms with Crippen LogP contribution in [0.1, 0.15) is 54.5 Å². The SMILES string of the molecule is CC[C@@H](NC(=O)/C=C/c1ccc(F)cc1)c1ccc2c(c1)CCCC2. The zero-order valence-electron chi connectivity index (χ0n) is 14.6. The molecule has 0 saturated carbocycles. The average Bonchev–Trinajstić information content (AvgIpc) is 2.65. The number of amides is 1. The van der Waals surface area contributed by atoms with Gasteiger partial charge < -0.3 is 5.32 Å². The molecule has 130 valence electrons. The van der Waals surface area contributed by atoms with Gasteiger partial charge in [-0.15, -0.1) is 0 Å². The monoisotopic (exact) mass is 337 g/mol. The number of fused-ring (bicyclic) bond motifs is 1. The van der Waals surface area contributed by atoms with E-state index in [1.807, 2.05) is 0 Å². The summed E-state index contributed by atoms with van der Waals surface area (Å²) in [5.74, 6) is -0.408. The Labute approximate surface area is 148 Å². The van der Waals surface area contributed by atoms with Gasteiger partial charge in [-0.1, -0.05) is 37.3 Å². The van der Waals surface area contributed by atoms with Gasteiger partial charge in [-0.05, 0) is 72.6 Å². The van der Waals surface area contributed by atoms with Crippen molar-refractivity contribution in [2.24, 2.45) is 0 Å². The Morgan fingerprint density at radius 1 is 1.12 bits per heavy atom. The number of hydrogen-bond donors (Lipinski definition) is 1. The van der Waals surface area contributed by atoms with E-state index in [2.05, 4.69) is 30.4 Å². The molecule has 0 bridgehead atoms. The molecule has 0 spiro atoms. The first-order valence-electron chi connectivity index (χ1n) is 9.01. The highest BCUT2D eigenvalue weighted by Crippen LogP contribution is 2.26. The number of halogens is 1. The van der Waals surface area contributed by atoms with Crippen molar-refractivity contribution < 1.29 is 9.18 Å². The molecule has 0 radical (unpaired) electrons. The highest BCUT2D eigenvalue weighted by atomic mass is 19.1. The number of rotatable bonds is 5. The van der Waals surface area contributed by atoms with Crippen molar-refractivity contribution in [1.29, 1.82) is 0 Å². The first-order chi connectivity index (χ1) is 12.2. The van der Waals surface area contributed by atoms with E-state index in [1.54, 1.807) is 18.2 Å². The Bertz CT molecular complexity index is 764. The van der Waals surface area contributed by atoms with Crippen LogP contribution in [0, 0.1) is 5.82 Å². The predicted octanol–water partition coefficient (Wildman–Crippen LogP) is 4.99. The molecule has 0 unspecified atom stereocenters. The molecule has 1 atom stereocenters. The number of carbonyl (C=O) groups is 1. The van der Waals surface area contributed by atoms with E-state index in [1.165, 1.54) is 54.2 Å². The third kappa shape index (κ3) is 4.56. The van der Waals surface area contributed by atoms with Crippen LogP contribution < -0.4 is 5.32 Å². The van der Waals surface area contributed by atoms with Gasteiger partial charge in [-0.2, -0.15) is 0 Å². The van der Waals surface area contributed by atoms with Gasteiger partial charge in [-0.25, -0.2) is 4.39 Å². The molecule has 1 amide bonds. The number of benzene rings is 2. The van der Waals surface area contributed by atoms with E-state index < -0.39 is 0 Å². The maximum absolute atomic E-state index is 12.9. The quantitative estimate of drug-likeness (QED) is 0.766. The summed E-state index contributed by atoms with van der Waals surface area (Å²) >= 11 is 0. The molecule has 0 aliphatic heterocycles. The van der Waals surface area contributed by atoms with Crippen LogP contribution in [0.15, 0.2) is 48.5 Å². The molecule has 25 heavy (non-hydrogen) atoms. The first kappa shape index (κ1) is 17.4. The highest BCUT2D eigenvalue weighted by molar-refractivity contribution is 5.92. The maximum Gasteiger partial charge on any atom is 0.244 e. The molecule has 2 nitrogen and oxygen atoms in total. The number of carbonyl (C=O) groups excluding carboxylic acids is 1. The zero-order valence-corrected chi connectivity index (χ0v) is 14.6. The minimum atomic E-state index is -0.278. The van der Waals surface area contributed by atoms with Crippen molar-refractivity contribution in [2.45, 2.75) is 45.1 Å². The third-order valence-electron chi connectivity index (χ3n) is 4.80. The van der Waals surface area contributed by atoms with E-state index in [9.17, 15) is 9.18 Å². The Morgan fingerprint density at radius 3 is 2.56 bits per heavy atom. The summed E-state index contributed by atoms with van der Waals surface area (Å²) in [6.07, 6.45) is 8.88. The van der Waals surface area contributed by atoms with E-state index in [0.29, 0.717) is 0 Å². The summed E-state index contributed by atoms with van der Waals surface area (Å²) in [5, 5.41) is 3.07. The van der Waals surface area contributed by atoms with Crippen LogP contribution >= 0.6 is 0 Å². The molecule has 1 N–H and O–H groups in total. The van der Waals surface area contributed by atoms with E-state index >= 15 is 0 Å². The molecular formula is C22H24FNO. The summed E-state index contributed by atoms with van der Waals surface area (Å²) in [7, 11) is 0. The number of hydrogen-bond acceptors (Lipinski definition) is 1. The molecule has 2 aromatic rings. The first-order valence-corrected chi connectivity index (χ1v) is 9.01. The summed E-state index contributed by atoms with van der Waals surface area (Å²) in [4.78, 5) is 12.2. The number of aryl methyl sites for hydroxylation is 2. The van der Waals surface area contributed by atoms with Crippen LogP contribution in [-0.4, -0.2) is 5.91 Å². The molecule has 0 aromatic heterocycles. The summed E-state index contributed by atoms with van der Waals surface area (Å²) in [6.45, 7) is 2.08. The van der Waals surface area contributed by atoms with Gasteiger partial charge in [0.05, 0.1) is 6.04 Å². The minimum absolute atomic E-state index is 0.0117. The van der Waals surface area contributed by atoms with Crippen molar-refractivity contribution in [2.75, 3.05) is 0 Å². The lowest BCUT2D eigenvalue weighted by atomic mass is 9.89. The lowest BCUT2D eigenvalue weighted by Crippen LogP contribution is -2.26. The van der Waals surface area contributed by atoms with E-state index in [-0.39, 0.29) is 17.8 Å². The van der Waals surface area contributed by atoms with Gasteiger partial charge in [0.1, 0.15) is 5.82 Å². The van der Waals surface area contributed by atoms with Gasteiger partial charge in [0, 0.05) is 6.08 Å². The van der Waals surface area contributed by atoms with Crippen molar-refractivity contribution in [1.82, 2.24) is 5.32 Å². The molecule has 1 aliphatic carbocycles. The second-order valence-electron chi connectivity index (χ2n) is 6.59. The molecule has 0 heterocycles. The minimum Gasteiger partial charge on any atom is -0.346 e. The zero-order chi connectivity index (χ0) is 17.6. The van der Waals surface area contributed by atoms with Gasteiger partial charge in [0.25, 0.3) is 0 Å². The fourth-order valence-corrected chi connectivity index (χ4v) is 3.36. The van der Waals surface area contributed by atoms with Crippen LogP contribution in [0.25, 0.3) is 6.08 Å². The summed E-state index contributed by atoms with van der Waals surface area (Å²) in [6, 6.07) is 12.7. The smallest absolute Gasteiger partial charge is 0.244 e. The summed E-state index contributed by atoms with van der Waals surface area (Å²) < 4.78 is 12.9. The number of nitrogens with one attached hydrogen (secondary N) is 1. The topological polar surface area (TPSA) is 29.1 Å². The lowest BCUT2D eigenvalue weighted by Gasteiger charge is -2.21. The fourth-order valence-electron chi connectivity index (χ4n) is 3.36. The van der Waals surface area contributed by atoms with E-state index in [4.69, 9.17) is 0 Å². The summed E-state index contributed by atoms with van der Waals surface area (Å²) in [5.41, 5.74) is 4.86. The third-order valence-corrected chi connectivity index (χ3v) is 4.80. The fraction of sp³-hybridized carbons (Fsp3) is 0.318. The molecule has 0 saturated heterocycles. The van der Waals surface area contributed by atoms with Crippen molar-refractivity contribution in [3.8, 4) is 0 Å². The Balaban J connectivity index is 1.67. The Hall–Kier alpha value is -2.42. The molecule has 1 aliphatic rings. The highest BCUT2D eigenvalue weighted by Gasteiger charge is 2.15. The second kappa shape index (κ2) is 8.11. The second-order valence-corrected chi connectivity index (χ2v) is 6.59. The van der Waals surface area contributed by atoms with Crippen LogP contribution in [0.4, 0.5) is 4.39 Å². The molecule has 3 heteroatoms. The van der Waals surface area contributed by atoms with Gasteiger partial charge in [0.2, 0.25) is 5.91 Å². The normalized spacial score (nSPS) is 15.0. The van der Waals surface area contributed by atoms with Crippen molar-refractivity contribution >= 4 is 12.0 Å². The average molecular weight is 337 g/mol. The van der Waals surface area contributed by atoms with Gasteiger partial charge in [-0.3, -0.25) is 4.79 Å². The lowest BCUT2D eigenvalue weighted by molar-refractivity contribution is -0.117. The van der Waals surface area contributed by atoms with Gasteiger partial charge >= 0.3 is 0 Å². The van der Waals surface area contributed by atoms with Crippen LogP contribution in [0.5, 0.6) is 0 Å². The van der Waals surface area contributed by atoms with Gasteiger partial charge in [0.15, 0.2) is 0 Å². The van der Waals surface area contributed by atoms with Crippen molar-refractivity contribution in [3.63, 3.8) is 0 Å². The molecule has 3 rings (SSSR count). The molecular weight excluding hydrogens is 313 g/mol. The molecule has 0 fully saturated rings. The van der Waals surface area contributed by atoms with Crippen LogP contribution in [0.2, 0.25) is 0 Å². The maximum atomic E-state index is 12.9. The van der Waals surface area contributed by atoms with Crippen molar-refractivity contribution in [3.05, 3.63) is 76.6 Å².